The molecule has 18 heavy (non-hydrogen) atoms. The Balaban J connectivity index is 3.07. The second-order valence-corrected chi connectivity index (χ2v) is 3.25. The van der Waals surface area contributed by atoms with Crippen LogP contribution in [-0.4, -0.2) is 17.4 Å². The smallest absolute Gasteiger partial charge is 0.285 e. The van der Waals surface area contributed by atoms with Gasteiger partial charge in [-0.15, -0.1) is 12.3 Å². The number of carbonyl (C=O) groups is 1. The van der Waals surface area contributed by atoms with Gasteiger partial charge >= 0.3 is 0 Å². The Morgan fingerprint density at radius 1 is 1.44 bits per heavy atom. The van der Waals surface area contributed by atoms with Crippen molar-refractivity contribution in [2.75, 3.05) is 6.54 Å². The third-order valence-electron chi connectivity index (χ3n) is 2.03. The Labute approximate surface area is 101 Å². The van der Waals surface area contributed by atoms with Gasteiger partial charge in [0.15, 0.2) is 11.6 Å². The predicted molar refractivity (Wildman–Crippen MR) is 58.8 cm³/mol. The second kappa shape index (κ2) is 5.72. The number of amides is 1. The van der Waals surface area contributed by atoms with Crippen LogP contribution >= 0.6 is 0 Å². The summed E-state index contributed by atoms with van der Waals surface area (Å²) in [6, 6.07) is 0.851. The molecule has 1 aromatic rings. The highest BCUT2D eigenvalue weighted by Crippen LogP contribution is 2.22. The molecule has 0 saturated heterocycles. The van der Waals surface area contributed by atoms with Crippen LogP contribution in [0.4, 0.5) is 14.5 Å². The van der Waals surface area contributed by atoms with Gasteiger partial charge in [0.1, 0.15) is 5.56 Å². The van der Waals surface area contributed by atoms with E-state index < -0.39 is 33.7 Å². The number of hydrogen-bond donors (Lipinski definition) is 1. The largest absolute Gasteiger partial charge is 0.351 e. The van der Waals surface area contributed by atoms with Gasteiger partial charge in [0.2, 0.25) is 0 Å². The molecule has 1 rings (SSSR count). The first-order valence-corrected chi connectivity index (χ1v) is 4.82. The number of nitro groups is 1. The minimum absolute atomic E-state index is 0.0888. The van der Waals surface area contributed by atoms with Gasteiger partial charge in [-0.05, 0) is 6.07 Å². The zero-order valence-corrected chi connectivity index (χ0v) is 9.07. The summed E-state index contributed by atoms with van der Waals surface area (Å²) in [7, 11) is 0. The van der Waals surface area contributed by atoms with Gasteiger partial charge in [-0.2, -0.15) is 0 Å². The quantitative estimate of drug-likeness (QED) is 0.384. The van der Waals surface area contributed by atoms with E-state index in [0.717, 1.165) is 0 Å². The fourth-order valence-corrected chi connectivity index (χ4v) is 1.21. The van der Waals surface area contributed by atoms with Gasteiger partial charge in [0.05, 0.1) is 11.0 Å². The Kier molecular flexibility index (Phi) is 4.32. The summed E-state index contributed by atoms with van der Waals surface area (Å²) in [4.78, 5) is 21.2. The summed E-state index contributed by atoms with van der Waals surface area (Å²) in [5.74, 6) is -1.35. The molecule has 0 bridgehead atoms. The molecule has 0 aliphatic carbocycles. The van der Waals surface area contributed by atoms with Crippen LogP contribution in [0.2, 0.25) is 0 Å². The summed E-state index contributed by atoms with van der Waals surface area (Å²) in [6.45, 7) is 0.0888. The van der Waals surface area contributed by atoms with E-state index in [4.69, 9.17) is 6.42 Å². The van der Waals surface area contributed by atoms with Gasteiger partial charge in [0.25, 0.3) is 11.6 Å². The molecule has 0 radical (unpaired) electrons. The van der Waals surface area contributed by atoms with Crippen molar-refractivity contribution < 1.29 is 18.5 Å². The van der Waals surface area contributed by atoms with Crippen LogP contribution in [0.25, 0.3) is 0 Å². The molecule has 0 spiro atoms. The molecule has 1 N–H and O–H groups in total. The Bertz CT molecular complexity index is 538. The van der Waals surface area contributed by atoms with Crippen LogP contribution in [0.3, 0.4) is 0 Å². The van der Waals surface area contributed by atoms with Crippen molar-refractivity contribution in [3.8, 4) is 12.3 Å². The van der Waals surface area contributed by atoms with E-state index in [1.54, 1.807) is 0 Å². The fraction of sp³-hybridized carbons (Fsp3) is 0.182. The first kappa shape index (κ1) is 13.6. The van der Waals surface area contributed by atoms with Crippen molar-refractivity contribution in [1.82, 2.24) is 5.32 Å². The minimum atomic E-state index is -1.39. The van der Waals surface area contributed by atoms with E-state index in [1.165, 1.54) is 0 Å². The number of nitrogens with zero attached hydrogens (tertiary/aromatic N) is 1. The lowest BCUT2D eigenvalue weighted by molar-refractivity contribution is -0.385. The third-order valence-corrected chi connectivity index (χ3v) is 2.03. The van der Waals surface area contributed by atoms with Gasteiger partial charge in [0, 0.05) is 13.0 Å². The Morgan fingerprint density at radius 3 is 2.61 bits per heavy atom. The molecule has 5 nitrogen and oxygen atoms in total. The zero-order chi connectivity index (χ0) is 13.7. The second-order valence-electron chi connectivity index (χ2n) is 3.25. The number of terminal acetylenes is 1. The average molecular weight is 254 g/mol. The number of rotatable bonds is 4. The van der Waals surface area contributed by atoms with Crippen LogP contribution in [-0.2, 0) is 0 Å². The topological polar surface area (TPSA) is 72.2 Å². The molecular weight excluding hydrogens is 246 g/mol. The minimum Gasteiger partial charge on any atom is -0.351 e. The summed E-state index contributed by atoms with van der Waals surface area (Å²) >= 11 is 0. The molecule has 0 saturated carbocycles. The Morgan fingerprint density at radius 2 is 2.06 bits per heavy atom. The molecule has 0 atom stereocenters. The number of carbonyl (C=O) groups excluding carboxylic acids is 1. The van der Waals surface area contributed by atoms with Crippen molar-refractivity contribution in [1.29, 1.82) is 0 Å². The molecule has 0 aliphatic heterocycles. The molecule has 1 aromatic carbocycles. The van der Waals surface area contributed by atoms with Gasteiger partial charge in [-0.25, -0.2) is 8.78 Å². The van der Waals surface area contributed by atoms with Crippen LogP contribution in [0.15, 0.2) is 12.1 Å². The molecule has 1 amide bonds. The zero-order valence-electron chi connectivity index (χ0n) is 9.07. The molecular formula is C11H8F2N2O3. The first-order valence-electron chi connectivity index (χ1n) is 4.82. The molecule has 94 valence electrons. The van der Waals surface area contributed by atoms with E-state index in [-0.39, 0.29) is 13.0 Å². The van der Waals surface area contributed by atoms with Crippen molar-refractivity contribution in [3.05, 3.63) is 39.4 Å². The average Bonchev–Trinajstić information content (AvgIpc) is 2.32. The van der Waals surface area contributed by atoms with Crippen molar-refractivity contribution >= 4 is 11.6 Å². The monoisotopic (exact) mass is 254 g/mol. The molecule has 0 unspecified atom stereocenters. The van der Waals surface area contributed by atoms with Crippen molar-refractivity contribution in [2.45, 2.75) is 6.42 Å². The normalized spacial score (nSPS) is 9.61. The van der Waals surface area contributed by atoms with Crippen LogP contribution in [0.5, 0.6) is 0 Å². The summed E-state index contributed by atoms with van der Waals surface area (Å²) in [5, 5.41) is 12.9. The number of benzene rings is 1. The van der Waals surface area contributed by atoms with E-state index >= 15 is 0 Å². The maximum Gasteiger partial charge on any atom is 0.285 e. The maximum absolute atomic E-state index is 13.0. The van der Waals surface area contributed by atoms with E-state index in [0.29, 0.717) is 12.1 Å². The summed E-state index contributed by atoms with van der Waals surface area (Å²) < 4.78 is 25.8. The lowest BCUT2D eigenvalue weighted by Crippen LogP contribution is -2.25. The van der Waals surface area contributed by atoms with Crippen molar-refractivity contribution in [3.63, 3.8) is 0 Å². The van der Waals surface area contributed by atoms with Gasteiger partial charge in [-0.1, -0.05) is 0 Å². The SMILES string of the molecule is C#CCCNC(=O)c1cc(F)c(F)cc1[N+](=O)[O-]. The number of hydrogen-bond acceptors (Lipinski definition) is 3. The summed E-state index contributed by atoms with van der Waals surface area (Å²) in [6.07, 6.45) is 5.18. The highest BCUT2D eigenvalue weighted by molar-refractivity contribution is 5.98. The highest BCUT2D eigenvalue weighted by atomic mass is 19.2. The standard InChI is InChI=1S/C11H8F2N2O3/c1-2-3-4-14-11(16)7-5-8(12)9(13)6-10(7)15(17)18/h1,5-6H,3-4H2,(H,14,16). The number of nitro benzene ring substituents is 1. The number of nitrogens with one attached hydrogen (secondary N) is 1. The molecule has 0 aliphatic rings. The van der Waals surface area contributed by atoms with Crippen LogP contribution in [0, 0.1) is 34.1 Å². The molecule has 0 fully saturated rings. The molecule has 0 heterocycles. The van der Waals surface area contributed by atoms with Crippen LogP contribution < -0.4 is 5.32 Å². The summed E-state index contributed by atoms with van der Waals surface area (Å²) in [5.41, 5.74) is -1.34. The van der Waals surface area contributed by atoms with Gasteiger partial charge in [-0.3, -0.25) is 14.9 Å². The van der Waals surface area contributed by atoms with Crippen molar-refractivity contribution in [2.24, 2.45) is 0 Å². The molecule has 7 heteroatoms. The first-order chi connectivity index (χ1) is 8.47. The predicted octanol–water partition coefficient (Wildman–Crippen LogP) is 1.63. The van der Waals surface area contributed by atoms with E-state index in [9.17, 15) is 23.7 Å². The van der Waals surface area contributed by atoms with E-state index in [2.05, 4.69) is 11.2 Å². The lowest BCUT2D eigenvalue weighted by atomic mass is 10.1. The van der Waals surface area contributed by atoms with Crippen LogP contribution in [0.1, 0.15) is 16.8 Å². The van der Waals surface area contributed by atoms with Gasteiger partial charge < -0.3 is 5.32 Å². The third kappa shape index (κ3) is 3.01. The fourth-order valence-electron chi connectivity index (χ4n) is 1.21. The Hall–Kier alpha value is -2.49. The molecule has 0 aromatic heterocycles. The lowest BCUT2D eigenvalue weighted by Gasteiger charge is -2.04. The highest BCUT2D eigenvalue weighted by Gasteiger charge is 2.23. The van der Waals surface area contributed by atoms with E-state index in [1.807, 2.05) is 0 Å². The maximum atomic E-state index is 13.0. The number of halogens is 2.